The molecular formula is C17H18BrNO2. The van der Waals surface area contributed by atoms with E-state index in [2.05, 4.69) is 27.8 Å². The molecule has 0 radical (unpaired) electrons. The highest BCUT2D eigenvalue weighted by molar-refractivity contribution is 9.10. The van der Waals surface area contributed by atoms with Crippen LogP contribution in [-0.4, -0.2) is 17.6 Å². The van der Waals surface area contributed by atoms with Crippen molar-refractivity contribution >= 4 is 33.3 Å². The maximum atomic E-state index is 11.6. The number of anilines is 2. The van der Waals surface area contributed by atoms with Gasteiger partial charge in [-0.2, -0.15) is 0 Å². The third kappa shape index (κ3) is 3.64. The summed E-state index contributed by atoms with van der Waals surface area (Å²) in [6.45, 7) is 2.92. The van der Waals surface area contributed by atoms with E-state index in [1.807, 2.05) is 42.5 Å². The molecular weight excluding hydrogens is 330 g/mol. The lowest BCUT2D eigenvalue weighted by molar-refractivity contribution is 0.0696. The van der Waals surface area contributed by atoms with E-state index in [0.717, 1.165) is 30.8 Å². The molecule has 2 aromatic rings. The zero-order valence-corrected chi connectivity index (χ0v) is 13.5. The topological polar surface area (TPSA) is 40.5 Å². The van der Waals surface area contributed by atoms with E-state index in [1.165, 1.54) is 0 Å². The van der Waals surface area contributed by atoms with Gasteiger partial charge in [-0.15, -0.1) is 0 Å². The summed E-state index contributed by atoms with van der Waals surface area (Å²) in [5.41, 5.74) is 2.03. The molecule has 3 nitrogen and oxygen atoms in total. The fraction of sp³-hybridized carbons (Fsp3) is 0.235. The standard InChI is InChI=1S/C17H18BrNO2/c1-2-3-12-19(13-8-5-4-6-9-13)15-11-7-10-14(18)16(15)17(20)21/h4-11H,2-3,12H2,1H3,(H,20,21). The van der Waals surface area contributed by atoms with Crippen molar-refractivity contribution in [2.24, 2.45) is 0 Å². The minimum atomic E-state index is -0.921. The molecule has 0 aliphatic rings. The van der Waals surface area contributed by atoms with Crippen molar-refractivity contribution in [2.45, 2.75) is 19.8 Å². The first-order valence-corrected chi connectivity index (χ1v) is 7.78. The number of unbranched alkanes of at least 4 members (excludes halogenated alkanes) is 1. The fourth-order valence-electron chi connectivity index (χ4n) is 2.26. The van der Waals surface area contributed by atoms with E-state index >= 15 is 0 Å². The van der Waals surface area contributed by atoms with Gasteiger partial charge in [0.2, 0.25) is 0 Å². The summed E-state index contributed by atoms with van der Waals surface area (Å²) < 4.78 is 0.602. The lowest BCUT2D eigenvalue weighted by Gasteiger charge is -2.26. The van der Waals surface area contributed by atoms with Gasteiger partial charge in [0.15, 0.2) is 0 Å². The molecule has 0 unspecified atom stereocenters. The summed E-state index contributed by atoms with van der Waals surface area (Å²) >= 11 is 3.35. The number of carbonyl (C=O) groups is 1. The van der Waals surface area contributed by atoms with Crippen molar-refractivity contribution < 1.29 is 9.90 Å². The number of hydrogen-bond donors (Lipinski definition) is 1. The number of aromatic carboxylic acids is 1. The number of carboxylic acids is 1. The number of para-hydroxylation sites is 1. The molecule has 21 heavy (non-hydrogen) atoms. The Balaban J connectivity index is 2.52. The Labute approximate surface area is 133 Å². The summed E-state index contributed by atoms with van der Waals surface area (Å²) in [6.07, 6.45) is 2.06. The highest BCUT2D eigenvalue weighted by Crippen LogP contribution is 2.33. The highest BCUT2D eigenvalue weighted by atomic mass is 79.9. The average Bonchev–Trinajstić information content (AvgIpc) is 2.48. The largest absolute Gasteiger partial charge is 0.478 e. The van der Waals surface area contributed by atoms with Gasteiger partial charge in [0.1, 0.15) is 0 Å². The SMILES string of the molecule is CCCCN(c1ccccc1)c1cccc(Br)c1C(=O)O. The Hall–Kier alpha value is -1.81. The van der Waals surface area contributed by atoms with Crippen LogP contribution in [0, 0.1) is 0 Å². The fourth-order valence-corrected chi connectivity index (χ4v) is 2.79. The van der Waals surface area contributed by atoms with Crippen LogP contribution in [0.1, 0.15) is 30.1 Å². The quantitative estimate of drug-likeness (QED) is 0.791. The Kier molecular flexibility index (Phi) is 5.39. The van der Waals surface area contributed by atoms with E-state index in [9.17, 15) is 9.90 Å². The highest BCUT2D eigenvalue weighted by Gasteiger charge is 2.19. The molecule has 0 spiro atoms. The average molecular weight is 348 g/mol. The molecule has 0 aromatic heterocycles. The normalized spacial score (nSPS) is 10.4. The predicted octanol–water partition coefficient (Wildman–Crippen LogP) is 5.09. The Morgan fingerprint density at radius 3 is 2.48 bits per heavy atom. The second-order valence-electron chi connectivity index (χ2n) is 4.78. The van der Waals surface area contributed by atoms with E-state index in [0.29, 0.717) is 10.0 Å². The van der Waals surface area contributed by atoms with Gasteiger partial charge in [0, 0.05) is 16.7 Å². The van der Waals surface area contributed by atoms with Gasteiger partial charge in [-0.1, -0.05) is 37.6 Å². The van der Waals surface area contributed by atoms with Crippen LogP contribution in [0.2, 0.25) is 0 Å². The van der Waals surface area contributed by atoms with Crippen molar-refractivity contribution in [3.05, 3.63) is 58.6 Å². The molecule has 0 bridgehead atoms. The summed E-state index contributed by atoms with van der Waals surface area (Å²) in [6, 6.07) is 15.4. The van der Waals surface area contributed by atoms with Gasteiger partial charge in [-0.05, 0) is 46.6 Å². The van der Waals surface area contributed by atoms with E-state index < -0.39 is 5.97 Å². The molecule has 2 rings (SSSR count). The molecule has 1 N–H and O–H groups in total. The van der Waals surface area contributed by atoms with Crippen LogP contribution < -0.4 is 4.90 Å². The van der Waals surface area contributed by atoms with Crippen LogP contribution in [0.5, 0.6) is 0 Å². The van der Waals surface area contributed by atoms with Crippen molar-refractivity contribution in [2.75, 3.05) is 11.4 Å². The molecule has 0 saturated heterocycles. The molecule has 0 aliphatic heterocycles. The first-order chi connectivity index (χ1) is 10.1. The summed E-state index contributed by atoms with van der Waals surface area (Å²) in [7, 11) is 0. The minimum absolute atomic E-state index is 0.303. The van der Waals surface area contributed by atoms with Crippen molar-refractivity contribution in [1.82, 2.24) is 0 Å². The molecule has 0 saturated carbocycles. The number of nitrogens with zero attached hydrogens (tertiary/aromatic N) is 1. The Morgan fingerprint density at radius 2 is 1.86 bits per heavy atom. The van der Waals surface area contributed by atoms with Gasteiger partial charge in [0.05, 0.1) is 11.3 Å². The van der Waals surface area contributed by atoms with E-state index in [1.54, 1.807) is 6.07 Å². The van der Waals surface area contributed by atoms with Crippen LogP contribution in [0.4, 0.5) is 11.4 Å². The van der Waals surface area contributed by atoms with Crippen molar-refractivity contribution in [1.29, 1.82) is 0 Å². The number of hydrogen-bond acceptors (Lipinski definition) is 2. The first-order valence-electron chi connectivity index (χ1n) is 6.99. The summed E-state index contributed by atoms with van der Waals surface area (Å²) in [4.78, 5) is 13.7. The van der Waals surface area contributed by atoms with Crippen LogP contribution in [0.25, 0.3) is 0 Å². The van der Waals surface area contributed by atoms with Crippen LogP contribution >= 0.6 is 15.9 Å². The lowest BCUT2D eigenvalue weighted by atomic mass is 10.1. The van der Waals surface area contributed by atoms with Crippen molar-refractivity contribution in [3.63, 3.8) is 0 Å². The van der Waals surface area contributed by atoms with Gasteiger partial charge < -0.3 is 10.0 Å². The molecule has 0 atom stereocenters. The van der Waals surface area contributed by atoms with E-state index in [-0.39, 0.29) is 0 Å². The van der Waals surface area contributed by atoms with Crippen LogP contribution in [0.3, 0.4) is 0 Å². The minimum Gasteiger partial charge on any atom is -0.478 e. The van der Waals surface area contributed by atoms with Crippen LogP contribution in [-0.2, 0) is 0 Å². The smallest absolute Gasteiger partial charge is 0.338 e. The maximum Gasteiger partial charge on any atom is 0.338 e. The zero-order valence-electron chi connectivity index (χ0n) is 11.9. The second-order valence-corrected chi connectivity index (χ2v) is 5.63. The van der Waals surface area contributed by atoms with E-state index in [4.69, 9.17) is 0 Å². The molecule has 4 heteroatoms. The monoisotopic (exact) mass is 347 g/mol. The number of carboxylic acid groups (broad SMARTS) is 1. The number of rotatable bonds is 6. The van der Waals surface area contributed by atoms with Gasteiger partial charge >= 0.3 is 5.97 Å². The predicted molar refractivity (Wildman–Crippen MR) is 89.5 cm³/mol. The molecule has 0 fully saturated rings. The van der Waals surface area contributed by atoms with Gasteiger partial charge in [-0.25, -0.2) is 4.79 Å². The zero-order chi connectivity index (χ0) is 15.2. The maximum absolute atomic E-state index is 11.6. The molecule has 110 valence electrons. The summed E-state index contributed by atoms with van der Waals surface area (Å²) in [5, 5.41) is 9.51. The lowest BCUT2D eigenvalue weighted by Crippen LogP contribution is -2.21. The molecule has 0 amide bonds. The summed E-state index contributed by atoms with van der Waals surface area (Å²) in [5.74, 6) is -0.921. The third-order valence-electron chi connectivity index (χ3n) is 3.30. The molecule has 0 aliphatic carbocycles. The third-order valence-corrected chi connectivity index (χ3v) is 3.96. The molecule has 2 aromatic carbocycles. The first kappa shape index (κ1) is 15.6. The Bertz CT molecular complexity index is 613. The van der Waals surface area contributed by atoms with Gasteiger partial charge in [0.25, 0.3) is 0 Å². The van der Waals surface area contributed by atoms with Crippen molar-refractivity contribution in [3.8, 4) is 0 Å². The number of benzene rings is 2. The van der Waals surface area contributed by atoms with Gasteiger partial charge in [-0.3, -0.25) is 0 Å². The second kappa shape index (κ2) is 7.27. The number of halogens is 1. The van der Waals surface area contributed by atoms with Crippen LogP contribution in [0.15, 0.2) is 53.0 Å². The Morgan fingerprint density at radius 1 is 1.14 bits per heavy atom. The molecule has 0 heterocycles.